The van der Waals surface area contributed by atoms with Gasteiger partial charge in [0, 0.05) is 6.04 Å². The molecule has 0 spiro atoms. The van der Waals surface area contributed by atoms with Crippen LogP contribution in [0.3, 0.4) is 0 Å². The van der Waals surface area contributed by atoms with Crippen molar-refractivity contribution in [3.05, 3.63) is 35.9 Å². The SMILES string of the molecule is CC(Cc1ccccc1)N(C)C.I. The Bertz CT molecular complexity index is 221. The smallest absolute Gasteiger partial charge is 0.0101 e. The molecule has 1 aromatic rings. The van der Waals surface area contributed by atoms with Crippen LogP contribution in [0.15, 0.2) is 30.3 Å². The molecular weight excluding hydrogens is 273 g/mol. The lowest BCUT2D eigenvalue weighted by atomic mass is 10.1. The van der Waals surface area contributed by atoms with Crippen molar-refractivity contribution >= 4 is 24.0 Å². The largest absolute Gasteiger partial charge is 0.306 e. The summed E-state index contributed by atoms with van der Waals surface area (Å²) in [7, 11) is 4.24. The van der Waals surface area contributed by atoms with Gasteiger partial charge in [-0.25, -0.2) is 0 Å². The van der Waals surface area contributed by atoms with E-state index in [4.69, 9.17) is 0 Å². The van der Waals surface area contributed by atoms with Crippen LogP contribution in [-0.4, -0.2) is 25.0 Å². The highest BCUT2D eigenvalue weighted by Crippen LogP contribution is 2.05. The molecule has 0 aliphatic rings. The molecule has 0 N–H and O–H groups in total. The van der Waals surface area contributed by atoms with Crippen LogP contribution in [0.25, 0.3) is 0 Å². The molecule has 0 radical (unpaired) electrons. The summed E-state index contributed by atoms with van der Waals surface area (Å²) in [6.07, 6.45) is 1.13. The lowest BCUT2D eigenvalue weighted by Crippen LogP contribution is -2.26. The maximum absolute atomic E-state index is 2.24. The molecule has 0 fully saturated rings. The van der Waals surface area contributed by atoms with Crippen LogP contribution in [0.1, 0.15) is 12.5 Å². The van der Waals surface area contributed by atoms with Crippen LogP contribution in [0.5, 0.6) is 0 Å². The number of benzene rings is 1. The first-order chi connectivity index (χ1) is 5.70. The molecule has 0 amide bonds. The van der Waals surface area contributed by atoms with Crippen LogP contribution >= 0.6 is 24.0 Å². The van der Waals surface area contributed by atoms with Gasteiger partial charge in [0.2, 0.25) is 0 Å². The predicted molar refractivity (Wildman–Crippen MR) is 68.7 cm³/mol. The zero-order valence-corrected chi connectivity index (χ0v) is 10.9. The summed E-state index contributed by atoms with van der Waals surface area (Å²) in [4.78, 5) is 2.24. The molecule has 0 saturated heterocycles. The molecule has 13 heavy (non-hydrogen) atoms. The number of likely N-dealkylation sites (N-methyl/N-ethyl adjacent to an activating group) is 1. The van der Waals surface area contributed by atoms with E-state index in [9.17, 15) is 0 Å². The van der Waals surface area contributed by atoms with Crippen molar-refractivity contribution in [2.75, 3.05) is 14.1 Å². The zero-order chi connectivity index (χ0) is 8.97. The predicted octanol–water partition coefficient (Wildman–Crippen LogP) is 2.80. The fourth-order valence-corrected chi connectivity index (χ4v) is 1.14. The number of hydrogen-bond acceptors (Lipinski definition) is 1. The van der Waals surface area contributed by atoms with E-state index in [0.29, 0.717) is 6.04 Å². The quantitative estimate of drug-likeness (QED) is 0.774. The van der Waals surface area contributed by atoms with Crippen LogP contribution in [-0.2, 0) is 6.42 Å². The van der Waals surface area contributed by atoms with Crippen LogP contribution in [0, 0.1) is 0 Å². The highest BCUT2D eigenvalue weighted by atomic mass is 127. The van der Waals surface area contributed by atoms with Crippen molar-refractivity contribution in [1.82, 2.24) is 4.90 Å². The third-order valence-corrected chi connectivity index (χ3v) is 2.26. The van der Waals surface area contributed by atoms with E-state index in [2.05, 4.69) is 56.3 Å². The van der Waals surface area contributed by atoms with Crippen LogP contribution < -0.4 is 0 Å². The minimum atomic E-state index is 0. The molecule has 1 nitrogen and oxygen atoms in total. The summed E-state index contributed by atoms with van der Waals surface area (Å²) in [6.45, 7) is 2.24. The molecule has 1 atom stereocenters. The highest BCUT2D eigenvalue weighted by molar-refractivity contribution is 14.0. The lowest BCUT2D eigenvalue weighted by molar-refractivity contribution is 0.312. The number of hydrogen-bond donors (Lipinski definition) is 0. The molecule has 0 heterocycles. The Kier molecular flexibility index (Phi) is 6.33. The topological polar surface area (TPSA) is 3.24 Å². The maximum atomic E-state index is 2.24. The molecule has 2 heteroatoms. The molecule has 74 valence electrons. The van der Waals surface area contributed by atoms with Gasteiger partial charge in [0.25, 0.3) is 0 Å². The summed E-state index contributed by atoms with van der Waals surface area (Å²) in [6, 6.07) is 11.2. The van der Waals surface area contributed by atoms with E-state index >= 15 is 0 Å². The van der Waals surface area contributed by atoms with Crippen molar-refractivity contribution in [2.45, 2.75) is 19.4 Å². The summed E-state index contributed by atoms with van der Waals surface area (Å²) < 4.78 is 0. The summed E-state index contributed by atoms with van der Waals surface area (Å²) in [5.74, 6) is 0. The number of nitrogens with zero attached hydrogens (tertiary/aromatic N) is 1. The molecular formula is C11H18IN. The van der Waals surface area contributed by atoms with Crippen molar-refractivity contribution in [3.8, 4) is 0 Å². The van der Waals surface area contributed by atoms with Gasteiger partial charge < -0.3 is 4.90 Å². The third kappa shape index (κ3) is 4.62. The van der Waals surface area contributed by atoms with Gasteiger partial charge in [0.15, 0.2) is 0 Å². The zero-order valence-electron chi connectivity index (χ0n) is 8.53. The molecule has 0 bridgehead atoms. The maximum Gasteiger partial charge on any atom is 0.0101 e. The van der Waals surface area contributed by atoms with Gasteiger partial charge >= 0.3 is 0 Å². The van der Waals surface area contributed by atoms with Gasteiger partial charge in [-0.3, -0.25) is 0 Å². The monoisotopic (exact) mass is 291 g/mol. The Morgan fingerprint density at radius 2 is 1.69 bits per heavy atom. The Morgan fingerprint density at radius 3 is 2.15 bits per heavy atom. The van der Waals surface area contributed by atoms with E-state index in [-0.39, 0.29) is 24.0 Å². The third-order valence-electron chi connectivity index (χ3n) is 2.26. The van der Waals surface area contributed by atoms with Gasteiger partial charge in [-0.1, -0.05) is 30.3 Å². The molecule has 1 unspecified atom stereocenters. The highest BCUT2D eigenvalue weighted by Gasteiger charge is 2.04. The standard InChI is InChI=1S/C11H17N.HI/c1-10(12(2)3)9-11-7-5-4-6-8-11;/h4-8,10H,9H2,1-3H3;1H. The van der Waals surface area contributed by atoms with E-state index in [1.165, 1.54) is 5.56 Å². The van der Waals surface area contributed by atoms with Gasteiger partial charge in [-0.2, -0.15) is 0 Å². The lowest BCUT2D eigenvalue weighted by Gasteiger charge is -2.19. The normalized spacial score (nSPS) is 12.3. The summed E-state index contributed by atoms with van der Waals surface area (Å²) in [5.41, 5.74) is 1.42. The molecule has 1 aromatic carbocycles. The second kappa shape index (κ2) is 6.38. The number of rotatable bonds is 3. The fourth-order valence-electron chi connectivity index (χ4n) is 1.14. The Labute approximate surface area is 98.2 Å². The van der Waals surface area contributed by atoms with Crippen molar-refractivity contribution < 1.29 is 0 Å². The molecule has 0 saturated carbocycles. The second-order valence-corrected chi connectivity index (χ2v) is 3.50. The van der Waals surface area contributed by atoms with Gasteiger partial charge in [0.1, 0.15) is 0 Å². The van der Waals surface area contributed by atoms with Crippen molar-refractivity contribution in [2.24, 2.45) is 0 Å². The molecule has 0 aromatic heterocycles. The minimum Gasteiger partial charge on any atom is -0.306 e. The number of halogens is 1. The summed E-state index contributed by atoms with van der Waals surface area (Å²) in [5, 5.41) is 0. The summed E-state index contributed by atoms with van der Waals surface area (Å²) >= 11 is 0. The van der Waals surface area contributed by atoms with Crippen LogP contribution in [0.2, 0.25) is 0 Å². The first-order valence-corrected chi connectivity index (χ1v) is 4.40. The average Bonchev–Trinajstić information content (AvgIpc) is 2.06. The van der Waals surface area contributed by atoms with Crippen LogP contribution in [0.4, 0.5) is 0 Å². The van der Waals surface area contributed by atoms with E-state index in [0.717, 1.165) is 6.42 Å². The van der Waals surface area contributed by atoms with E-state index in [1.54, 1.807) is 0 Å². The molecule has 1 rings (SSSR count). The average molecular weight is 291 g/mol. The molecule has 0 aliphatic heterocycles. The van der Waals surface area contributed by atoms with Crippen molar-refractivity contribution in [3.63, 3.8) is 0 Å². The van der Waals surface area contributed by atoms with Gasteiger partial charge in [0.05, 0.1) is 0 Å². The second-order valence-electron chi connectivity index (χ2n) is 3.50. The molecule has 0 aliphatic carbocycles. The minimum absolute atomic E-state index is 0. The van der Waals surface area contributed by atoms with Gasteiger partial charge in [-0.05, 0) is 33.0 Å². The first kappa shape index (κ1) is 12.9. The fraction of sp³-hybridized carbons (Fsp3) is 0.455. The first-order valence-electron chi connectivity index (χ1n) is 4.40. The van der Waals surface area contributed by atoms with E-state index in [1.807, 2.05) is 0 Å². The Morgan fingerprint density at radius 1 is 1.15 bits per heavy atom. The Balaban J connectivity index is 0.00000144. The van der Waals surface area contributed by atoms with E-state index < -0.39 is 0 Å². The Hall–Kier alpha value is -0.0900. The van der Waals surface area contributed by atoms with Gasteiger partial charge in [-0.15, -0.1) is 24.0 Å². The van der Waals surface area contributed by atoms with Crippen molar-refractivity contribution in [1.29, 1.82) is 0 Å².